The summed E-state index contributed by atoms with van der Waals surface area (Å²) in [6.45, 7) is 0. The summed E-state index contributed by atoms with van der Waals surface area (Å²) in [6.07, 6.45) is 1.22. The number of hydrogen-bond acceptors (Lipinski definition) is 4. The summed E-state index contributed by atoms with van der Waals surface area (Å²) in [6, 6.07) is 0. The molecule has 0 atom stereocenters. The van der Waals surface area contributed by atoms with Crippen molar-refractivity contribution in [2.75, 3.05) is 0 Å². The van der Waals surface area contributed by atoms with Crippen molar-refractivity contribution in [2.45, 2.75) is 0 Å². The zero-order valence-corrected chi connectivity index (χ0v) is 5.61. The SMILES string of the molecule is N=C(N)N(N=CC=O)C(=N)N. The van der Waals surface area contributed by atoms with Crippen molar-refractivity contribution in [3.8, 4) is 0 Å². The average Bonchev–Trinajstić information content (AvgIpc) is 1.87. The maximum Gasteiger partial charge on any atom is 0.216 e. The van der Waals surface area contributed by atoms with Crippen molar-refractivity contribution in [3.05, 3.63) is 0 Å². The van der Waals surface area contributed by atoms with Gasteiger partial charge in [0.15, 0.2) is 6.29 Å². The summed E-state index contributed by atoms with van der Waals surface area (Å²) in [5.74, 6) is -1.04. The second-order valence-corrected chi connectivity index (χ2v) is 1.48. The first-order valence-corrected chi connectivity index (χ1v) is 2.55. The van der Waals surface area contributed by atoms with E-state index >= 15 is 0 Å². The van der Waals surface area contributed by atoms with Crippen molar-refractivity contribution in [2.24, 2.45) is 16.6 Å². The molecule has 0 bridgehead atoms. The molecule has 0 aliphatic rings. The summed E-state index contributed by atoms with van der Waals surface area (Å²) in [7, 11) is 0. The maximum absolute atomic E-state index is 9.76. The van der Waals surface area contributed by atoms with Gasteiger partial charge in [-0.25, -0.2) is 0 Å². The van der Waals surface area contributed by atoms with Crippen molar-refractivity contribution < 1.29 is 4.79 Å². The van der Waals surface area contributed by atoms with Gasteiger partial charge in [-0.3, -0.25) is 15.6 Å². The molecular formula is C4H8N6O. The van der Waals surface area contributed by atoms with E-state index in [0.29, 0.717) is 11.3 Å². The molecule has 0 aromatic rings. The van der Waals surface area contributed by atoms with Crippen LogP contribution in [0.25, 0.3) is 0 Å². The van der Waals surface area contributed by atoms with Crippen LogP contribution in [-0.2, 0) is 4.79 Å². The number of hydrogen-bond donors (Lipinski definition) is 4. The molecule has 6 N–H and O–H groups in total. The lowest BCUT2D eigenvalue weighted by Crippen LogP contribution is -2.41. The number of nitrogens with one attached hydrogen (secondary N) is 2. The quantitative estimate of drug-likeness (QED) is 0.163. The lowest BCUT2D eigenvalue weighted by molar-refractivity contribution is -0.102. The van der Waals surface area contributed by atoms with Gasteiger partial charge in [0, 0.05) is 0 Å². The zero-order chi connectivity index (χ0) is 8.85. The fourth-order valence-electron chi connectivity index (χ4n) is 0.348. The average molecular weight is 156 g/mol. The van der Waals surface area contributed by atoms with Gasteiger partial charge < -0.3 is 11.5 Å². The Bertz CT molecular complexity index is 195. The summed E-state index contributed by atoms with van der Waals surface area (Å²) in [5.41, 5.74) is 9.87. The Morgan fingerprint density at radius 1 is 1.36 bits per heavy atom. The lowest BCUT2D eigenvalue weighted by Gasteiger charge is -2.11. The van der Waals surface area contributed by atoms with E-state index in [4.69, 9.17) is 22.3 Å². The topological polar surface area (TPSA) is 132 Å². The highest BCUT2D eigenvalue weighted by Crippen LogP contribution is 1.82. The Balaban J connectivity index is 4.35. The van der Waals surface area contributed by atoms with Gasteiger partial charge >= 0.3 is 0 Å². The van der Waals surface area contributed by atoms with E-state index in [1.807, 2.05) is 0 Å². The number of nitrogens with two attached hydrogens (primary N) is 2. The standard InChI is InChI=1S/C4H8N6O/c5-3(6)10(4(7)8)9-1-2-11/h1-2H,(H3,5,6)(H3,7,8). The molecule has 0 aliphatic carbocycles. The van der Waals surface area contributed by atoms with E-state index in [1.165, 1.54) is 0 Å². The summed E-state index contributed by atoms with van der Waals surface area (Å²) in [4.78, 5) is 9.76. The molecule has 0 rings (SSSR count). The third kappa shape index (κ3) is 2.94. The number of carbonyl (C=O) groups is 1. The predicted octanol–water partition coefficient (Wildman–Crippen LogP) is -1.74. The molecule has 0 saturated heterocycles. The number of hydrazone groups is 1. The van der Waals surface area contributed by atoms with Crippen molar-refractivity contribution in [1.82, 2.24) is 5.01 Å². The molecule has 0 spiro atoms. The summed E-state index contributed by atoms with van der Waals surface area (Å²) >= 11 is 0. The van der Waals surface area contributed by atoms with Crippen molar-refractivity contribution in [3.63, 3.8) is 0 Å². The molecule has 11 heavy (non-hydrogen) atoms. The van der Waals surface area contributed by atoms with Gasteiger partial charge in [-0.2, -0.15) is 10.1 Å². The van der Waals surface area contributed by atoms with Crippen LogP contribution in [0.15, 0.2) is 5.10 Å². The zero-order valence-electron chi connectivity index (χ0n) is 5.61. The Morgan fingerprint density at radius 2 is 1.82 bits per heavy atom. The van der Waals surface area contributed by atoms with Crippen LogP contribution >= 0.6 is 0 Å². The van der Waals surface area contributed by atoms with Crippen LogP contribution in [-0.4, -0.2) is 29.4 Å². The van der Waals surface area contributed by atoms with Crippen molar-refractivity contribution in [1.29, 1.82) is 10.8 Å². The van der Waals surface area contributed by atoms with E-state index in [1.54, 1.807) is 0 Å². The molecule has 0 amide bonds. The van der Waals surface area contributed by atoms with E-state index in [9.17, 15) is 4.79 Å². The van der Waals surface area contributed by atoms with E-state index in [2.05, 4.69) is 5.10 Å². The Kier molecular flexibility index (Phi) is 3.29. The second kappa shape index (κ2) is 3.99. The Labute approximate surface area is 62.7 Å². The third-order valence-electron chi connectivity index (χ3n) is 0.699. The highest BCUT2D eigenvalue weighted by molar-refractivity contribution is 6.13. The predicted molar refractivity (Wildman–Crippen MR) is 40.2 cm³/mol. The summed E-state index contributed by atoms with van der Waals surface area (Å²) in [5, 5.41) is 17.5. The molecule has 0 heterocycles. The van der Waals surface area contributed by atoms with Crippen LogP contribution < -0.4 is 11.5 Å². The van der Waals surface area contributed by atoms with Crippen LogP contribution in [0.5, 0.6) is 0 Å². The Morgan fingerprint density at radius 3 is 2.09 bits per heavy atom. The first kappa shape index (κ1) is 9.08. The number of carbonyl (C=O) groups excluding carboxylic acids is 1. The van der Waals surface area contributed by atoms with Gasteiger partial charge in [-0.15, -0.1) is 0 Å². The fourth-order valence-corrected chi connectivity index (χ4v) is 0.348. The minimum atomic E-state index is -0.518. The highest BCUT2D eigenvalue weighted by Gasteiger charge is 2.05. The van der Waals surface area contributed by atoms with E-state index in [0.717, 1.165) is 6.21 Å². The molecule has 0 radical (unpaired) electrons. The molecule has 0 unspecified atom stereocenters. The Hall–Kier alpha value is -1.92. The molecule has 7 heteroatoms. The number of guanidine groups is 2. The van der Waals surface area contributed by atoms with Crippen LogP contribution in [0.3, 0.4) is 0 Å². The largest absolute Gasteiger partial charge is 0.368 e. The van der Waals surface area contributed by atoms with Crippen LogP contribution in [0, 0.1) is 10.8 Å². The number of rotatable bonds is 2. The summed E-state index contributed by atoms with van der Waals surface area (Å²) < 4.78 is 0. The molecular weight excluding hydrogens is 148 g/mol. The fraction of sp³-hybridized carbons (Fsp3) is 0. The monoisotopic (exact) mass is 156 g/mol. The lowest BCUT2D eigenvalue weighted by atomic mass is 10.8. The van der Waals surface area contributed by atoms with Crippen molar-refractivity contribution >= 4 is 24.4 Å². The van der Waals surface area contributed by atoms with Gasteiger partial charge in [-0.1, -0.05) is 0 Å². The molecule has 0 saturated carbocycles. The first-order valence-electron chi connectivity index (χ1n) is 2.55. The smallest absolute Gasteiger partial charge is 0.216 e. The third-order valence-corrected chi connectivity index (χ3v) is 0.699. The molecule has 0 aromatic heterocycles. The molecule has 0 aromatic carbocycles. The minimum absolute atomic E-state index is 0.388. The van der Waals surface area contributed by atoms with Crippen LogP contribution in [0.1, 0.15) is 0 Å². The van der Waals surface area contributed by atoms with E-state index in [-0.39, 0.29) is 0 Å². The molecule has 7 nitrogen and oxygen atoms in total. The number of nitrogens with zero attached hydrogens (tertiary/aromatic N) is 2. The maximum atomic E-state index is 9.76. The molecule has 0 fully saturated rings. The minimum Gasteiger partial charge on any atom is -0.368 e. The highest BCUT2D eigenvalue weighted by atomic mass is 16.1. The molecule has 0 aliphatic heterocycles. The normalized spacial score (nSPS) is 9.45. The number of aldehydes is 1. The van der Waals surface area contributed by atoms with Gasteiger partial charge in [0.05, 0.1) is 6.21 Å². The van der Waals surface area contributed by atoms with Gasteiger partial charge in [0.2, 0.25) is 11.9 Å². The van der Waals surface area contributed by atoms with Gasteiger partial charge in [-0.05, 0) is 0 Å². The van der Waals surface area contributed by atoms with Crippen LogP contribution in [0.4, 0.5) is 0 Å². The van der Waals surface area contributed by atoms with Gasteiger partial charge in [0.25, 0.3) is 0 Å². The van der Waals surface area contributed by atoms with E-state index < -0.39 is 11.9 Å². The second-order valence-electron chi connectivity index (χ2n) is 1.48. The van der Waals surface area contributed by atoms with Crippen LogP contribution in [0.2, 0.25) is 0 Å². The molecule has 60 valence electrons. The van der Waals surface area contributed by atoms with Gasteiger partial charge in [0.1, 0.15) is 0 Å². The first-order chi connectivity index (χ1) is 5.09.